The first kappa shape index (κ1) is 6.37. The molecule has 0 aliphatic carbocycles. The maximum absolute atomic E-state index is 8.59. The van der Waals surface area contributed by atoms with E-state index in [9.17, 15) is 0 Å². The fourth-order valence-electron chi connectivity index (χ4n) is 0.623. The molecular weight excluding hydrogens is 111 g/mol. The molecule has 1 N–H and O–H groups in total. The Morgan fingerprint density at radius 1 is 1.22 bits per heavy atom. The Hall–Kier alpha value is -0.755. The van der Waals surface area contributed by atoms with Crippen LogP contribution in [-0.2, 0) is 6.61 Å². The molecule has 1 aromatic rings. The first-order valence-electron chi connectivity index (χ1n) is 2.78. The molecule has 9 heavy (non-hydrogen) atoms. The quantitative estimate of drug-likeness (QED) is 0.513. The second kappa shape index (κ2) is 2.69. The predicted molar refractivity (Wildman–Crippen MR) is 37.8 cm³/mol. The van der Waals surface area contributed by atoms with Gasteiger partial charge in [-0.05, 0) is 5.56 Å². The van der Waals surface area contributed by atoms with Gasteiger partial charge >= 0.3 is 0 Å². The van der Waals surface area contributed by atoms with Gasteiger partial charge in [-0.2, -0.15) is 0 Å². The highest BCUT2D eigenvalue weighted by atomic mass is 16.3. The van der Waals surface area contributed by atoms with Crippen LogP contribution in [0.1, 0.15) is 5.56 Å². The summed E-state index contributed by atoms with van der Waals surface area (Å²) in [5.74, 6) is 0. The topological polar surface area (TPSA) is 20.2 Å². The van der Waals surface area contributed by atoms with Gasteiger partial charge in [-0.3, -0.25) is 0 Å². The van der Waals surface area contributed by atoms with Gasteiger partial charge in [-0.1, -0.05) is 29.7 Å². The molecule has 2 radical (unpaired) electrons. The van der Waals surface area contributed by atoms with Crippen LogP contribution in [0.5, 0.6) is 0 Å². The number of benzene rings is 1. The van der Waals surface area contributed by atoms with Crippen LogP contribution in [0.2, 0.25) is 0 Å². The van der Waals surface area contributed by atoms with Crippen LogP contribution in [0.4, 0.5) is 0 Å². The molecule has 2 heteroatoms. The van der Waals surface area contributed by atoms with E-state index < -0.39 is 0 Å². The van der Waals surface area contributed by atoms with E-state index >= 15 is 0 Å². The minimum Gasteiger partial charge on any atom is -0.392 e. The van der Waals surface area contributed by atoms with E-state index in [0.29, 0.717) is 0 Å². The Kier molecular flexibility index (Phi) is 1.90. The van der Waals surface area contributed by atoms with Crippen LogP contribution >= 0.6 is 0 Å². The molecule has 0 bridgehead atoms. The van der Waals surface area contributed by atoms with Gasteiger partial charge in [0.15, 0.2) is 0 Å². The summed E-state index contributed by atoms with van der Waals surface area (Å²) in [4.78, 5) is 0. The number of aliphatic hydroxyl groups excluding tert-OH is 1. The molecule has 0 saturated carbocycles. The van der Waals surface area contributed by atoms with Gasteiger partial charge in [-0.25, -0.2) is 0 Å². The van der Waals surface area contributed by atoms with Crippen LogP contribution in [-0.4, -0.2) is 13.0 Å². The van der Waals surface area contributed by atoms with Gasteiger partial charge in [0, 0.05) is 0 Å². The number of rotatable bonds is 1. The van der Waals surface area contributed by atoms with Gasteiger partial charge in [0.05, 0.1) is 6.61 Å². The molecule has 0 saturated heterocycles. The van der Waals surface area contributed by atoms with Crippen LogP contribution < -0.4 is 5.46 Å². The minimum atomic E-state index is 0.0836. The van der Waals surface area contributed by atoms with Crippen molar-refractivity contribution in [3.63, 3.8) is 0 Å². The van der Waals surface area contributed by atoms with Crippen molar-refractivity contribution in [2.75, 3.05) is 0 Å². The SMILES string of the molecule is [B]c1ccc(CO)cc1. The third-order valence-electron chi connectivity index (χ3n) is 1.16. The molecule has 44 valence electrons. The van der Waals surface area contributed by atoms with E-state index in [1.54, 1.807) is 24.3 Å². The van der Waals surface area contributed by atoms with E-state index in [-0.39, 0.29) is 6.61 Å². The molecule has 1 rings (SSSR count). The average molecular weight is 118 g/mol. The van der Waals surface area contributed by atoms with Gasteiger partial charge in [0.1, 0.15) is 7.85 Å². The molecule has 0 unspecified atom stereocenters. The highest BCUT2D eigenvalue weighted by molar-refractivity contribution is 6.32. The predicted octanol–water partition coefficient (Wildman–Crippen LogP) is -0.0273. The highest BCUT2D eigenvalue weighted by Crippen LogP contribution is 1.93. The first-order valence-corrected chi connectivity index (χ1v) is 2.78. The van der Waals surface area contributed by atoms with Gasteiger partial charge < -0.3 is 5.11 Å². The Bertz CT molecular complexity index is 181. The lowest BCUT2D eigenvalue weighted by atomic mass is 9.95. The van der Waals surface area contributed by atoms with E-state index in [4.69, 9.17) is 13.0 Å². The number of aliphatic hydroxyl groups is 1. The van der Waals surface area contributed by atoms with Gasteiger partial charge in [0.25, 0.3) is 0 Å². The summed E-state index contributed by atoms with van der Waals surface area (Å²) in [6.45, 7) is 0.0836. The Morgan fingerprint density at radius 3 is 2.22 bits per heavy atom. The van der Waals surface area contributed by atoms with E-state index in [0.717, 1.165) is 11.0 Å². The van der Waals surface area contributed by atoms with Crippen molar-refractivity contribution in [1.82, 2.24) is 0 Å². The van der Waals surface area contributed by atoms with Crippen molar-refractivity contribution in [3.05, 3.63) is 29.8 Å². The molecule has 0 heterocycles. The second-order valence-corrected chi connectivity index (χ2v) is 1.90. The smallest absolute Gasteiger partial charge is 0.113 e. The van der Waals surface area contributed by atoms with Crippen molar-refractivity contribution in [3.8, 4) is 0 Å². The van der Waals surface area contributed by atoms with Crippen LogP contribution in [0.3, 0.4) is 0 Å². The van der Waals surface area contributed by atoms with Crippen LogP contribution in [0.25, 0.3) is 0 Å². The van der Waals surface area contributed by atoms with Crippen LogP contribution in [0, 0.1) is 0 Å². The van der Waals surface area contributed by atoms with Crippen molar-refractivity contribution < 1.29 is 5.11 Å². The summed E-state index contributed by atoms with van der Waals surface area (Å²) in [6, 6.07) is 7.14. The van der Waals surface area contributed by atoms with Crippen molar-refractivity contribution in [2.24, 2.45) is 0 Å². The lowest BCUT2D eigenvalue weighted by Gasteiger charge is -1.94. The molecule has 1 aromatic carbocycles. The summed E-state index contributed by atoms with van der Waals surface area (Å²) in [6.07, 6.45) is 0. The maximum atomic E-state index is 8.59. The summed E-state index contributed by atoms with van der Waals surface area (Å²) in [5.41, 5.74) is 1.62. The summed E-state index contributed by atoms with van der Waals surface area (Å²) >= 11 is 0. The van der Waals surface area contributed by atoms with Crippen molar-refractivity contribution in [1.29, 1.82) is 0 Å². The Labute approximate surface area is 55.7 Å². The average Bonchev–Trinajstić information content (AvgIpc) is 1.90. The van der Waals surface area contributed by atoms with E-state index in [2.05, 4.69) is 0 Å². The molecule has 0 atom stereocenters. The van der Waals surface area contributed by atoms with E-state index in [1.807, 2.05) is 0 Å². The number of hydrogen-bond acceptors (Lipinski definition) is 1. The third kappa shape index (κ3) is 1.58. The molecule has 0 aromatic heterocycles. The maximum Gasteiger partial charge on any atom is 0.113 e. The summed E-state index contributed by atoms with van der Waals surface area (Å²) in [5, 5.41) is 8.59. The monoisotopic (exact) mass is 118 g/mol. The fraction of sp³-hybridized carbons (Fsp3) is 0.143. The van der Waals surface area contributed by atoms with Gasteiger partial charge in [0.2, 0.25) is 0 Å². The Morgan fingerprint density at radius 2 is 1.78 bits per heavy atom. The lowest BCUT2D eigenvalue weighted by molar-refractivity contribution is 0.282. The normalized spacial score (nSPS) is 9.44. The van der Waals surface area contributed by atoms with Crippen molar-refractivity contribution >= 4 is 13.3 Å². The zero-order valence-corrected chi connectivity index (χ0v) is 5.04. The summed E-state index contributed by atoms with van der Waals surface area (Å²) < 4.78 is 0. The second-order valence-electron chi connectivity index (χ2n) is 1.90. The molecule has 0 aliphatic heterocycles. The lowest BCUT2D eigenvalue weighted by Crippen LogP contribution is -2.00. The molecule has 0 aliphatic rings. The molecular formula is C7H7BO. The zero-order chi connectivity index (χ0) is 6.69. The summed E-state index contributed by atoms with van der Waals surface area (Å²) in [7, 11) is 5.40. The molecule has 0 spiro atoms. The highest BCUT2D eigenvalue weighted by Gasteiger charge is 1.85. The van der Waals surface area contributed by atoms with Crippen LogP contribution in [0.15, 0.2) is 24.3 Å². The van der Waals surface area contributed by atoms with Crippen molar-refractivity contribution in [2.45, 2.75) is 6.61 Å². The zero-order valence-electron chi connectivity index (χ0n) is 5.04. The van der Waals surface area contributed by atoms with E-state index in [1.165, 1.54) is 0 Å². The molecule has 1 nitrogen and oxygen atoms in total. The standard InChI is InChI=1S/C7H7BO/c8-7-3-1-6(5-9)2-4-7/h1-4,9H,5H2. The molecule has 0 amide bonds. The number of hydrogen-bond donors (Lipinski definition) is 1. The molecule has 0 fully saturated rings. The van der Waals surface area contributed by atoms with Gasteiger partial charge in [-0.15, -0.1) is 0 Å². The fourth-order valence-corrected chi connectivity index (χ4v) is 0.623. The first-order chi connectivity index (χ1) is 4.33. The minimum absolute atomic E-state index is 0.0836. The third-order valence-corrected chi connectivity index (χ3v) is 1.16. The largest absolute Gasteiger partial charge is 0.392 e. The Balaban J connectivity index is 2.88.